The third-order valence-electron chi connectivity index (χ3n) is 3.99. The van der Waals surface area contributed by atoms with Crippen molar-refractivity contribution in [2.75, 3.05) is 7.11 Å². The Kier molecular flexibility index (Phi) is 5.96. The molecule has 0 unspecified atom stereocenters. The van der Waals surface area contributed by atoms with Crippen LogP contribution in [0.2, 0.25) is 5.02 Å². The van der Waals surface area contributed by atoms with Crippen molar-refractivity contribution < 1.29 is 18.7 Å². The van der Waals surface area contributed by atoms with E-state index in [0.717, 1.165) is 0 Å². The standard InChI is InChI=1S/C20H17ClFN3O3/c1-28-18-12-17(25-8-2-3-9-25)16(21)11-15(18)20(27)24-23-19(26)10-13-4-6-14(22)7-5-13/h2-9,11-12H,10H2,1H3,(H,23,26)(H,24,27). The van der Waals surface area contributed by atoms with Crippen LogP contribution in [0.15, 0.2) is 60.9 Å². The van der Waals surface area contributed by atoms with E-state index < -0.39 is 11.8 Å². The van der Waals surface area contributed by atoms with Crippen molar-refractivity contribution in [3.8, 4) is 11.4 Å². The van der Waals surface area contributed by atoms with E-state index in [-0.39, 0.29) is 17.8 Å². The second-order valence-corrected chi connectivity index (χ2v) is 6.31. The Labute approximate surface area is 165 Å². The molecular weight excluding hydrogens is 385 g/mol. The number of carbonyl (C=O) groups is 2. The summed E-state index contributed by atoms with van der Waals surface area (Å²) in [7, 11) is 1.44. The van der Waals surface area contributed by atoms with E-state index in [2.05, 4.69) is 10.9 Å². The lowest BCUT2D eigenvalue weighted by Crippen LogP contribution is -2.42. The molecule has 1 heterocycles. The van der Waals surface area contributed by atoms with Crippen molar-refractivity contribution in [1.82, 2.24) is 15.4 Å². The van der Waals surface area contributed by atoms with Crippen LogP contribution in [0, 0.1) is 5.82 Å². The minimum atomic E-state index is -0.578. The van der Waals surface area contributed by atoms with E-state index in [1.165, 1.54) is 37.4 Å². The molecule has 0 saturated carbocycles. The Balaban J connectivity index is 1.69. The van der Waals surface area contributed by atoms with Crippen LogP contribution >= 0.6 is 11.6 Å². The predicted octanol–water partition coefficient (Wildman–Crippen LogP) is 3.28. The van der Waals surface area contributed by atoms with Gasteiger partial charge in [0.1, 0.15) is 11.6 Å². The van der Waals surface area contributed by atoms with Gasteiger partial charge in [-0.2, -0.15) is 0 Å². The van der Waals surface area contributed by atoms with E-state index in [9.17, 15) is 14.0 Å². The summed E-state index contributed by atoms with van der Waals surface area (Å²) in [6.45, 7) is 0. The zero-order valence-corrected chi connectivity index (χ0v) is 15.7. The van der Waals surface area contributed by atoms with Crippen LogP contribution in [-0.2, 0) is 11.2 Å². The molecular formula is C20H17ClFN3O3. The third kappa shape index (κ3) is 4.50. The van der Waals surface area contributed by atoms with Gasteiger partial charge in [-0.15, -0.1) is 0 Å². The quantitative estimate of drug-likeness (QED) is 0.644. The first-order valence-corrected chi connectivity index (χ1v) is 8.70. The van der Waals surface area contributed by atoms with Crippen LogP contribution in [0.3, 0.4) is 0 Å². The minimum Gasteiger partial charge on any atom is -0.496 e. The van der Waals surface area contributed by atoms with Crippen LogP contribution in [0.4, 0.5) is 4.39 Å². The lowest BCUT2D eigenvalue weighted by molar-refractivity contribution is -0.121. The molecule has 0 atom stereocenters. The van der Waals surface area contributed by atoms with Gasteiger partial charge in [-0.25, -0.2) is 4.39 Å². The van der Waals surface area contributed by atoms with Gasteiger partial charge in [0.25, 0.3) is 5.91 Å². The molecule has 0 bridgehead atoms. The molecule has 0 radical (unpaired) electrons. The first-order valence-electron chi connectivity index (χ1n) is 8.32. The highest BCUT2D eigenvalue weighted by Crippen LogP contribution is 2.29. The number of carbonyl (C=O) groups excluding carboxylic acids is 2. The van der Waals surface area contributed by atoms with Crippen molar-refractivity contribution in [2.24, 2.45) is 0 Å². The largest absolute Gasteiger partial charge is 0.496 e. The zero-order chi connectivity index (χ0) is 20.1. The fraction of sp³-hybridized carbons (Fsp3) is 0.100. The van der Waals surface area contributed by atoms with Gasteiger partial charge >= 0.3 is 0 Å². The molecule has 2 aromatic carbocycles. The van der Waals surface area contributed by atoms with Gasteiger partial charge in [-0.1, -0.05) is 23.7 Å². The lowest BCUT2D eigenvalue weighted by Gasteiger charge is -2.14. The fourth-order valence-electron chi connectivity index (χ4n) is 2.61. The van der Waals surface area contributed by atoms with Gasteiger partial charge in [-0.3, -0.25) is 20.4 Å². The molecule has 0 spiro atoms. The monoisotopic (exact) mass is 401 g/mol. The number of hydrogen-bond donors (Lipinski definition) is 2. The number of hydrogen-bond acceptors (Lipinski definition) is 3. The predicted molar refractivity (Wildman–Crippen MR) is 103 cm³/mol. The van der Waals surface area contributed by atoms with Gasteiger partial charge in [0.05, 0.1) is 29.8 Å². The maximum absolute atomic E-state index is 12.9. The Bertz CT molecular complexity index is 989. The van der Waals surface area contributed by atoms with Crippen molar-refractivity contribution >= 4 is 23.4 Å². The second kappa shape index (κ2) is 8.58. The number of hydrazine groups is 1. The molecule has 0 fully saturated rings. The van der Waals surface area contributed by atoms with E-state index in [4.69, 9.17) is 16.3 Å². The van der Waals surface area contributed by atoms with E-state index in [0.29, 0.717) is 22.0 Å². The number of nitrogens with one attached hydrogen (secondary N) is 2. The molecule has 0 saturated heterocycles. The molecule has 6 nitrogen and oxygen atoms in total. The maximum Gasteiger partial charge on any atom is 0.273 e. The molecule has 2 amide bonds. The number of ether oxygens (including phenoxy) is 1. The maximum atomic E-state index is 12.9. The van der Waals surface area contributed by atoms with E-state index in [1.54, 1.807) is 10.6 Å². The molecule has 2 N–H and O–H groups in total. The van der Waals surface area contributed by atoms with Crippen LogP contribution < -0.4 is 15.6 Å². The third-order valence-corrected chi connectivity index (χ3v) is 4.29. The molecule has 144 valence electrons. The zero-order valence-electron chi connectivity index (χ0n) is 14.9. The van der Waals surface area contributed by atoms with E-state index in [1.807, 2.05) is 24.5 Å². The smallest absolute Gasteiger partial charge is 0.273 e. The van der Waals surface area contributed by atoms with Gasteiger partial charge in [-0.05, 0) is 35.9 Å². The first-order chi connectivity index (χ1) is 13.5. The number of halogens is 2. The van der Waals surface area contributed by atoms with Gasteiger partial charge in [0, 0.05) is 18.5 Å². The van der Waals surface area contributed by atoms with Crippen LogP contribution in [0.25, 0.3) is 5.69 Å². The summed E-state index contributed by atoms with van der Waals surface area (Å²) < 4.78 is 20.0. The summed E-state index contributed by atoms with van der Waals surface area (Å²) >= 11 is 6.30. The molecule has 0 aliphatic heterocycles. The van der Waals surface area contributed by atoms with Gasteiger partial charge < -0.3 is 9.30 Å². The summed E-state index contributed by atoms with van der Waals surface area (Å²) in [6.07, 6.45) is 3.62. The Hall–Kier alpha value is -3.32. The lowest BCUT2D eigenvalue weighted by atomic mass is 10.1. The number of nitrogens with zero attached hydrogens (tertiary/aromatic N) is 1. The Morgan fingerprint density at radius 2 is 1.79 bits per heavy atom. The molecule has 1 aromatic heterocycles. The molecule has 0 aliphatic carbocycles. The van der Waals surface area contributed by atoms with Crippen LogP contribution in [-0.4, -0.2) is 23.5 Å². The molecule has 3 aromatic rings. The minimum absolute atomic E-state index is 0.00891. The summed E-state index contributed by atoms with van der Waals surface area (Å²) in [5.41, 5.74) is 6.09. The number of methoxy groups -OCH3 is 1. The first kappa shape index (κ1) is 19.4. The summed E-state index contributed by atoms with van der Waals surface area (Å²) in [5, 5.41) is 0.347. The summed E-state index contributed by atoms with van der Waals surface area (Å²) in [5.74, 6) is -1.11. The van der Waals surface area contributed by atoms with Gasteiger partial charge in [0.2, 0.25) is 5.91 Å². The van der Waals surface area contributed by atoms with Crippen LogP contribution in [0.5, 0.6) is 5.75 Å². The Morgan fingerprint density at radius 1 is 1.11 bits per heavy atom. The van der Waals surface area contributed by atoms with Crippen molar-refractivity contribution in [3.05, 3.63) is 82.9 Å². The van der Waals surface area contributed by atoms with Crippen molar-refractivity contribution in [2.45, 2.75) is 6.42 Å². The molecule has 28 heavy (non-hydrogen) atoms. The van der Waals surface area contributed by atoms with Gasteiger partial charge in [0.15, 0.2) is 0 Å². The molecule has 3 rings (SSSR count). The number of benzene rings is 2. The SMILES string of the molecule is COc1cc(-n2cccc2)c(Cl)cc1C(=O)NNC(=O)Cc1ccc(F)cc1. The highest BCUT2D eigenvalue weighted by molar-refractivity contribution is 6.33. The average Bonchev–Trinajstić information content (AvgIpc) is 3.22. The molecule has 8 heteroatoms. The number of aromatic nitrogens is 1. The highest BCUT2D eigenvalue weighted by atomic mass is 35.5. The fourth-order valence-corrected chi connectivity index (χ4v) is 2.87. The average molecular weight is 402 g/mol. The number of amides is 2. The number of rotatable bonds is 5. The molecule has 0 aliphatic rings. The van der Waals surface area contributed by atoms with Crippen molar-refractivity contribution in [3.63, 3.8) is 0 Å². The summed E-state index contributed by atoms with van der Waals surface area (Å²) in [6, 6.07) is 12.3. The van der Waals surface area contributed by atoms with Crippen LogP contribution in [0.1, 0.15) is 15.9 Å². The summed E-state index contributed by atoms with van der Waals surface area (Å²) in [4.78, 5) is 24.4. The highest BCUT2D eigenvalue weighted by Gasteiger charge is 2.17. The van der Waals surface area contributed by atoms with E-state index >= 15 is 0 Å². The second-order valence-electron chi connectivity index (χ2n) is 5.90. The normalized spacial score (nSPS) is 10.4. The topological polar surface area (TPSA) is 72.4 Å². The van der Waals surface area contributed by atoms with Crippen molar-refractivity contribution in [1.29, 1.82) is 0 Å². The Morgan fingerprint density at radius 3 is 2.43 bits per heavy atom.